The number of nitrogens with one attached hydrogen (secondary N) is 1. The van der Waals surface area contributed by atoms with Crippen LogP contribution < -0.4 is 5.32 Å². The molecule has 0 atom stereocenters. The van der Waals surface area contributed by atoms with Crippen molar-refractivity contribution in [2.24, 2.45) is 5.92 Å². The molecule has 2 aromatic rings. The van der Waals surface area contributed by atoms with Gasteiger partial charge in [0.2, 0.25) is 5.91 Å². The van der Waals surface area contributed by atoms with Gasteiger partial charge in [0.15, 0.2) is 0 Å². The Hall–Kier alpha value is -1.59. The predicted octanol–water partition coefficient (Wildman–Crippen LogP) is 2.31. The molecule has 0 saturated carbocycles. The van der Waals surface area contributed by atoms with E-state index in [9.17, 15) is 4.79 Å². The van der Waals surface area contributed by atoms with Crippen molar-refractivity contribution in [1.82, 2.24) is 20.0 Å². The Kier molecular flexibility index (Phi) is 6.42. The van der Waals surface area contributed by atoms with E-state index >= 15 is 0 Å². The second-order valence-corrected chi connectivity index (χ2v) is 6.08. The highest BCUT2D eigenvalue weighted by molar-refractivity contribution is 5.85. The number of aromatic nitrogens is 2. The third kappa shape index (κ3) is 4.24. The number of hydrogen-bond acceptors (Lipinski definition) is 3. The molecule has 1 saturated heterocycles. The number of nitrogens with zero attached hydrogens (tertiary/aromatic N) is 3. The van der Waals surface area contributed by atoms with Gasteiger partial charge in [0, 0.05) is 18.5 Å². The highest BCUT2D eigenvalue weighted by Crippen LogP contribution is 2.20. The van der Waals surface area contributed by atoms with Gasteiger partial charge in [0.05, 0.1) is 11.7 Å². The fraction of sp³-hybridized carbons (Fsp3) is 0.529. The first kappa shape index (κ1) is 17.8. The molecule has 1 aliphatic heterocycles. The van der Waals surface area contributed by atoms with E-state index in [0.29, 0.717) is 6.54 Å². The van der Waals surface area contributed by atoms with Crippen molar-refractivity contribution in [2.45, 2.75) is 25.8 Å². The summed E-state index contributed by atoms with van der Waals surface area (Å²) >= 11 is 0. The molecule has 0 aliphatic carbocycles. The van der Waals surface area contributed by atoms with Gasteiger partial charge in [-0.05, 0) is 44.8 Å². The number of benzene rings is 1. The monoisotopic (exact) mass is 336 g/mol. The van der Waals surface area contributed by atoms with Gasteiger partial charge in [-0.1, -0.05) is 18.2 Å². The van der Waals surface area contributed by atoms with Crippen LogP contribution in [0.25, 0.3) is 10.9 Å². The van der Waals surface area contributed by atoms with E-state index in [1.807, 2.05) is 47.1 Å². The normalized spacial score (nSPS) is 15.6. The maximum absolute atomic E-state index is 12.5. The van der Waals surface area contributed by atoms with E-state index in [1.54, 1.807) is 0 Å². The molecular formula is C17H25ClN4O. The van der Waals surface area contributed by atoms with Crippen molar-refractivity contribution in [2.75, 3.05) is 26.7 Å². The second kappa shape index (κ2) is 8.31. The van der Waals surface area contributed by atoms with Crippen molar-refractivity contribution in [1.29, 1.82) is 0 Å². The quantitative estimate of drug-likeness (QED) is 0.911. The first-order valence-corrected chi connectivity index (χ1v) is 8.11. The lowest BCUT2D eigenvalue weighted by molar-refractivity contribution is -0.133. The summed E-state index contributed by atoms with van der Waals surface area (Å²) in [4.78, 5) is 14.5. The molecule has 23 heavy (non-hydrogen) atoms. The molecule has 0 bridgehead atoms. The lowest BCUT2D eigenvalue weighted by Crippen LogP contribution is -2.40. The molecule has 3 rings (SSSR count). The van der Waals surface area contributed by atoms with E-state index in [1.165, 1.54) is 6.42 Å². The molecule has 1 aromatic carbocycles. The summed E-state index contributed by atoms with van der Waals surface area (Å²) < 4.78 is 1.81. The van der Waals surface area contributed by atoms with Gasteiger partial charge in [-0.3, -0.25) is 9.48 Å². The summed E-state index contributed by atoms with van der Waals surface area (Å²) in [5, 5.41) is 8.63. The number of hydrogen-bond donors (Lipinski definition) is 1. The minimum absolute atomic E-state index is 0. The second-order valence-electron chi connectivity index (χ2n) is 6.08. The first-order chi connectivity index (χ1) is 10.8. The predicted molar refractivity (Wildman–Crippen MR) is 94.8 cm³/mol. The van der Waals surface area contributed by atoms with Crippen LogP contribution in [0.3, 0.4) is 0 Å². The van der Waals surface area contributed by atoms with Gasteiger partial charge >= 0.3 is 0 Å². The summed E-state index contributed by atoms with van der Waals surface area (Å²) in [5.74, 6) is 0.933. The minimum atomic E-state index is 0. The van der Waals surface area contributed by atoms with Crippen molar-refractivity contribution in [3.63, 3.8) is 0 Å². The molecule has 1 aromatic heterocycles. The molecule has 1 N–H and O–H groups in total. The van der Waals surface area contributed by atoms with E-state index in [0.717, 1.165) is 49.3 Å². The Labute approximate surface area is 143 Å². The van der Waals surface area contributed by atoms with Crippen molar-refractivity contribution < 1.29 is 4.79 Å². The zero-order valence-electron chi connectivity index (χ0n) is 13.6. The van der Waals surface area contributed by atoms with Crippen LogP contribution in [0, 0.1) is 5.92 Å². The average Bonchev–Trinajstić information content (AvgIpc) is 2.96. The van der Waals surface area contributed by atoms with E-state index < -0.39 is 0 Å². The Morgan fingerprint density at radius 3 is 2.78 bits per heavy atom. The Morgan fingerprint density at radius 2 is 2.04 bits per heavy atom. The Bertz CT molecular complexity index is 634. The summed E-state index contributed by atoms with van der Waals surface area (Å²) in [6.45, 7) is 3.17. The molecule has 6 heteroatoms. The number of likely N-dealkylation sites (tertiary alicyclic amines) is 1. The summed E-state index contributed by atoms with van der Waals surface area (Å²) in [7, 11) is 1.99. The van der Waals surface area contributed by atoms with E-state index in [2.05, 4.69) is 10.4 Å². The molecule has 0 spiro atoms. The first-order valence-electron chi connectivity index (χ1n) is 8.11. The maximum atomic E-state index is 12.5. The van der Waals surface area contributed by atoms with Crippen molar-refractivity contribution in [3.8, 4) is 0 Å². The lowest BCUT2D eigenvalue weighted by atomic mass is 9.93. The highest BCUT2D eigenvalue weighted by atomic mass is 35.5. The fourth-order valence-electron chi connectivity index (χ4n) is 3.20. The molecule has 1 aliphatic rings. The summed E-state index contributed by atoms with van der Waals surface area (Å²) in [6, 6.07) is 8.01. The number of carbonyl (C=O) groups is 1. The Morgan fingerprint density at radius 1 is 1.30 bits per heavy atom. The zero-order chi connectivity index (χ0) is 15.4. The minimum Gasteiger partial charge on any atom is -0.341 e. The van der Waals surface area contributed by atoms with Gasteiger partial charge in [0.1, 0.15) is 6.54 Å². The van der Waals surface area contributed by atoms with Gasteiger partial charge in [-0.25, -0.2) is 0 Å². The number of para-hydroxylation sites is 1. The average molecular weight is 337 g/mol. The van der Waals surface area contributed by atoms with E-state index in [4.69, 9.17) is 0 Å². The van der Waals surface area contributed by atoms with Gasteiger partial charge in [0.25, 0.3) is 0 Å². The summed E-state index contributed by atoms with van der Waals surface area (Å²) in [5.41, 5.74) is 1.03. The number of carbonyl (C=O) groups excluding carboxylic acids is 1. The highest BCUT2D eigenvalue weighted by Gasteiger charge is 2.22. The molecule has 5 nitrogen and oxygen atoms in total. The summed E-state index contributed by atoms with van der Waals surface area (Å²) in [6.07, 6.45) is 5.27. The number of piperidine rings is 1. The van der Waals surface area contributed by atoms with Gasteiger partial charge < -0.3 is 10.2 Å². The molecule has 0 unspecified atom stereocenters. The van der Waals surface area contributed by atoms with Gasteiger partial charge in [-0.2, -0.15) is 5.10 Å². The van der Waals surface area contributed by atoms with Crippen molar-refractivity contribution >= 4 is 29.2 Å². The maximum Gasteiger partial charge on any atom is 0.244 e. The van der Waals surface area contributed by atoms with Crippen LogP contribution in [0.1, 0.15) is 19.3 Å². The standard InChI is InChI=1S/C17H24N4O.ClH/c1-18-9-6-14-7-10-20(11-8-14)17(22)13-21-16-5-3-2-4-15(16)12-19-21;/h2-5,12,14,18H,6-11,13H2,1H3;1H. The SMILES string of the molecule is CNCCC1CCN(C(=O)Cn2ncc3ccccc32)CC1.Cl. The number of fused-ring (bicyclic) bond motifs is 1. The van der Waals surface area contributed by atoms with Crippen LogP contribution in [0.4, 0.5) is 0 Å². The van der Waals surface area contributed by atoms with Crippen LogP contribution in [-0.2, 0) is 11.3 Å². The van der Waals surface area contributed by atoms with E-state index in [-0.39, 0.29) is 18.3 Å². The smallest absolute Gasteiger partial charge is 0.244 e. The molecule has 1 fully saturated rings. The largest absolute Gasteiger partial charge is 0.341 e. The molecule has 0 radical (unpaired) electrons. The van der Waals surface area contributed by atoms with Crippen LogP contribution in [0.2, 0.25) is 0 Å². The van der Waals surface area contributed by atoms with Crippen LogP contribution in [0.5, 0.6) is 0 Å². The zero-order valence-corrected chi connectivity index (χ0v) is 14.4. The molecule has 126 valence electrons. The van der Waals surface area contributed by atoms with Crippen molar-refractivity contribution in [3.05, 3.63) is 30.5 Å². The van der Waals surface area contributed by atoms with Crippen LogP contribution in [0.15, 0.2) is 30.5 Å². The third-order valence-corrected chi connectivity index (χ3v) is 4.61. The third-order valence-electron chi connectivity index (χ3n) is 4.61. The number of amides is 1. The Balaban J connectivity index is 0.00000192. The number of halogens is 1. The number of rotatable bonds is 5. The molecular weight excluding hydrogens is 312 g/mol. The molecule has 2 heterocycles. The van der Waals surface area contributed by atoms with Crippen LogP contribution >= 0.6 is 12.4 Å². The fourth-order valence-corrected chi connectivity index (χ4v) is 3.20. The van der Waals surface area contributed by atoms with Gasteiger partial charge in [-0.15, -0.1) is 12.4 Å². The lowest BCUT2D eigenvalue weighted by Gasteiger charge is -2.32. The molecule has 1 amide bonds. The topological polar surface area (TPSA) is 50.2 Å². The van der Waals surface area contributed by atoms with Crippen LogP contribution in [-0.4, -0.2) is 47.3 Å².